The summed E-state index contributed by atoms with van der Waals surface area (Å²) in [5.41, 5.74) is 7.28. The lowest BCUT2D eigenvalue weighted by Gasteiger charge is -2.05. The van der Waals surface area contributed by atoms with Crippen molar-refractivity contribution in [1.82, 2.24) is 0 Å². The van der Waals surface area contributed by atoms with E-state index in [1.54, 1.807) is 6.07 Å². The summed E-state index contributed by atoms with van der Waals surface area (Å²) in [7, 11) is 0. The zero-order valence-electron chi connectivity index (χ0n) is 7.21. The summed E-state index contributed by atoms with van der Waals surface area (Å²) in [6, 6.07) is 7.36. The van der Waals surface area contributed by atoms with Crippen LogP contribution in [0.25, 0.3) is 0 Å². The molecule has 0 fully saturated rings. The average Bonchev–Trinajstić information content (AvgIpc) is 2.01. The van der Waals surface area contributed by atoms with Crippen LogP contribution < -0.4 is 10.5 Å². The van der Waals surface area contributed by atoms with Gasteiger partial charge in [-0.25, -0.2) is 0 Å². The van der Waals surface area contributed by atoms with Crippen LogP contribution in [0.2, 0.25) is 0 Å². The van der Waals surface area contributed by atoms with Crippen molar-refractivity contribution in [1.29, 1.82) is 0 Å². The molecule has 2 heteroatoms. The standard InChI is InChI=1S/C10H13NO/c1-8(2)7-12-10-5-3-4-9(11)6-10/h3-6H,1,7,11H2,2H3. The predicted octanol–water partition coefficient (Wildman–Crippen LogP) is 2.22. The first-order valence-electron chi connectivity index (χ1n) is 3.81. The van der Waals surface area contributed by atoms with Crippen molar-refractivity contribution >= 4 is 5.69 Å². The highest BCUT2D eigenvalue weighted by Gasteiger charge is 1.92. The van der Waals surface area contributed by atoms with Crippen molar-refractivity contribution in [2.45, 2.75) is 6.92 Å². The third kappa shape index (κ3) is 2.66. The van der Waals surface area contributed by atoms with Crippen molar-refractivity contribution in [3.63, 3.8) is 0 Å². The van der Waals surface area contributed by atoms with Crippen LogP contribution in [-0.4, -0.2) is 6.61 Å². The van der Waals surface area contributed by atoms with E-state index in [1.165, 1.54) is 0 Å². The lowest BCUT2D eigenvalue weighted by Crippen LogP contribution is -1.97. The summed E-state index contributed by atoms with van der Waals surface area (Å²) in [4.78, 5) is 0. The fraction of sp³-hybridized carbons (Fsp3) is 0.200. The zero-order valence-corrected chi connectivity index (χ0v) is 7.21. The van der Waals surface area contributed by atoms with Gasteiger partial charge in [0.2, 0.25) is 0 Å². The molecule has 0 spiro atoms. The Labute approximate surface area is 72.7 Å². The van der Waals surface area contributed by atoms with Crippen LogP contribution in [0.15, 0.2) is 36.4 Å². The molecule has 1 rings (SSSR count). The summed E-state index contributed by atoms with van der Waals surface area (Å²) < 4.78 is 5.37. The van der Waals surface area contributed by atoms with Crippen molar-refractivity contribution in [3.8, 4) is 5.75 Å². The van der Waals surface area contributed by atoms with E-state index in [0.717, 1.165) is 11.3 Å². The van der Waals surface area contributed by atoms with Crippen LogP contribution >= 0.6 is 0 Å². The number of benzene rings is 1. The van der Waals surface area contributed by atoms with E-state index in [2.05, 4.69) is 6.58 Å². The lowest BCUT2D eigenvalue weighted by molar-refractivity contribution is 0.353. The molecule has 0 bridgehead atoms. The fourth-order valence-electron chi connectivity index (χ4n) is 0.811. The number of hydrogen-bond donors (Lipinski definition) is 1. The normalized spacial score (nSPS) is 9.42. The van der Waals surface area contributed by atoms with Crippen LogP contribution in [0.3, 0.4) is 0 Å². The van der Waals surface area contributed by atoms with Crippen LogP contribution in [-0.2, 0) is 0 Å². The Bertz CT molecular complexity index is 281. The first-order valence-corrected chi connectivity index (χ1v) is 3.81. The van der Waals surface area contributed by atoms with E-state index in [1.807, 2.05) is 25.1 Å². The molecule has 0 saturated carbocycles. The second-order valence-electron chi connectivity index (χ2n) is 2.82. The SMILES string of the molecule is C=C(C)COc1cccc(N)c1. The third-order valence-corrected chi connectivity index (χ3v) is 1.34. The quantitative estimate of drug-likeness (QED) is 0.547. The molecular weight excluding hydrogens is 150 g/mol. The second-order valence-corrected chi connectivity index (χ2v) is 2.82. The Morgan fingerprint density at radius 2 is 2.33 bits per heavy atom. The number of nitrogen functional groups attached to an aromatic ring is 1. The maximum absolute atomic E-state index is 5.56. The minimum Gasteiger partial charge on any atom is -0.489 e. The van der Waals surface area contributed by atoms with Gasteiger partial charge in [0, 0.05) is 11.8 Å². The molecule has 0 aliphatic heterocycles. The summed E-state index contributed by atoms with van der Waals surface area (Å²) in [5, 5.41) is 0. The maximum Gasteiger partial charge on any atom is 0.121 e. The van der Waals surface area contributed by atoms with Gasteiger partial charge >= 0.3 is 0 Å². The number of anilines is 1. The van der Waals surface area contributed by atoms with Gasteiger partial charge < -0.3 is 10.5 Å². The molecule has 64 valence electrons. The van der Waals surface area contributed by atoms with Crippen LogP contribution in [0, 0.1) is 0 Å². The molecule has 2 nitrogen and oxygen atoms in total. The highest BCUT2D eigenvalue weighted by Crippen LogP contribution is 2.14. The van der Waals surface area contributed by atoms with Gasteiger partial charge in [0.15, 0.2) is 0 Å². The van der Waals surface area contributed by atoms with E-state index in [-0.39, 0.29) is 0 Å². The molecule has 0 unspecified atom stereocenters. The minimum absolute atomic E-state index is 0.545. The van der Waals surface area contributed by atoms with E-state index in [4.69, 9.17) is 10.5 Å². The Kier molecular flexibility index (Phi) is 2.75. The molecular formula is C10H13NO. The van der Waals surface area contributed by atoms with Gasteiger partial charge in [0.1, 0.15) is 12.4 Å². The van der Waals surface area contributed by atoms with Gasteiger partial charge in [-0.1, -0.05) is 12.6 Å². The Hall–Kier alpha value is -1.44. The molecule has 0 aliphatic carbocycles. The van der Waals surface area contributed by atoms with Crippen LogP contribution in [0.1, 0.15) is 6.92 Å². The second kappa shape index (κ2) is 3.81. The molecule has 0 aliphatic rings. The zero-order chi connectivity index (χ0) is 8.97. The van der Waals surface area contributed by atoms with Crippen molar-refractivity contribution in [2.24, 2.45) is 0 Å². The first kappa shape index (κ1) is 8.65. The monoisotopic (exact) mass is 163 g/mol. The maximum atomic E-state index is 5.56. The highest BCUT2D eigenvalue weighted by atomic mass is 16.5. The Morgan fingerprint density at radius 3 is 2.92 bits per heavy atom. The lowest BCUT2D eigenvalue weighted by atomic mass is 10.3. The topological polar surface area (TPSA) is 35.2 Å². The van der Waals surface area contributed by atoms with Gasteiger partial charge in [-0.2, -0.15) is 0 Å². The van der Waals surface area contributed by atoms with Gasteiger partial charge in [0.25, 0.3) is 0 Å². The molecule has 0 radical (unpaired) electrons. The molecule has 0 atom stereocenters. The first-order chi connectivity index (χ1) is 5.68. The average molecular weight is 163 g/mol. The molecule has 12 heavy (non-hydrogen) atoms. The van der Waals surface area contributed by atoms with E-state index in [0.29, 0.717) is 12.3 Å². The summed E-state index contributed by atoms with van der Waals surface area (Å²) >= 11 is 0. The van der Waals surface area contributed by atoms with E-state index in [9.17, 15) is 0 Å². The number of nitrogens with two attached hydrogens (primary N) is 1. The molecule has 1 aromatic rings. The third-order valence-electron chi connectivity index (χ3n) is 1.34. The number of ether oxygens (including phenoxy) is 1. The van der Waals surface area contributed by atoms with Gasteiger partial charge in [-0.3, -0.25) is 0 Å². The summed E-state index contributed by atoms with van der Waals surface area (Å²) in [6.07, 6.45) is 0. The van der Waals surface area contributed by atoms with Gasteiger partial charge in [-0.15, -0.1) is 0 Å². The molecule has 0 amide bonds. The Morgan fingerprint density at radius 1 is 1.58 bits per heavy atom. The largest absolute Gasteiger partial charge is 0.489 e. The van der Waals surface area contributed by atoms with Crippen molar-refractivity contribution in [2.75, 3.05) is 12.3 Å². The van der Waals surface area contributed by atoms with E-state index >= 15 is 0 Å². The van der Waals surface area contributed by atoms with Crippen LogP contribution in [0.4, 0.5) is 5.69 Å². The predicted molar refractivity (Wildman–Crippen MR) is 51.2 cm³/mol. The summed E-state index contributed by atoms with van der Waals surface area (Å²) in [6.45, 7) is 6.20. The molecule has 0 heterocycles. The van der Waals surface area contributed by atoms with E-state index < -0.39 is 0 Å². The van der Waals surface area contributed by atoms with Gasteiger partial charge in [-0.05, 0) is 24.6 Å². The smallest absolute Gasteiger partial charge is 0.121 e. The van der Waals surface area contributed by atoms with Crippen molar-refractivity contribution in [3.05, 3.63) is 36.4 Å². The molecule has 2 N–H and O–H groups in total. The number of rotatable bonds is 3. The minimum atomic E-state index is 0.545. The highest BCUT2D eigenvalue weighted by molar-refractivity contribution is 5.43. The molecule has 0 aromatic heterocycles. The Balaban J connectivity index is 2.57. The van der Waals surface area contributed by atoms with Crippen LogP contribution in [0.5, 0.6) is 5.75 Å². The summed E-state index contributed by atoms with van der Waals surface area (Å²) in [5.74, 6) is 0.790. The molecule has 1 aromatic carbocycles. The van der Waals surface area contributed by atoms with Gasteiger partial charge in [0.05, 0.1) is 0 Å². The van der Waals surface area contributed by atoms with Crippen molar-refractivity contribution < 1.29 is 4.74 Å². The fourth-order valence-corrected chi connectivity index (χ4v) is 0.811. The molecule has 0 saturated heterocycles. The number of hydrogen-bond acceptors (Lipinski definition) is 2.